The SMILES string of the molecule is CN(C)S(=O)(=O)NC(=O)[C@@]12C[C@H]1C=CCCCCC[C@H](NC(=O)OC(C)(C)C)C(=O)N1CCC[C@H]1C(=O)N2. The molecule has 0 spiro atoms. The molecule has 214 valence electrons. The largest absolute Gasteiger partial charge is 0.444 e. The lowest BCUT2D eigenvalue weighted by atomic mass is 10.0. The highest BCUT2D eigenvalue weighted by atomic mass is 32.2. The van der Waals surface area contributed by atoms with Crippen LogP contribution in [0.5, 0.6) is 0 Å². The summed E-state index contributed by atoms with van der Waals surface area (Å²) in [6.07, 6.45) is 7.82. The number of nitrogens with zero attached hydrogens (tertiary/aromatic N) is 2. The highest BCUT2D eigenvalue weighted by molar-refractivity contribution is 7.87. The van der Waals surface area contributed by atoms with Crippen molar-refractivity contribution in [3.8, 4) is 0 Å². The molecule has 1 aliphatic carbocycles. The number of carbonyl (C=O) groups is 4. The van der Waals surface area contributed by atoms with Gasteiger partial charge in [0.25, 0.3) is 5.91 Å². The predicted molar refractivity (Wildman–Crippen MR) is 140 cm³/mol. The summed E-state index contributed by atoms with van der Waals surface area (Å²) in [5.41, 5.74) is -2.15. The number of carbonyl (C=O) groups excluding carboxylic acids is 4. The van der Waals surface area contributed by atoms with Crippen LogP contribution in [-0.4, -0.2) is 85.3 Å². The monoisotopic (exact) mass is 555 g/mol. The van der Waals surface area contributed by atoms with Crippen LogP contribution in [0, 0.1) is 5.92 Å². The minimum absolute atomic E-state index is 0.257. The van der Waals surface area contributed by atoms with E-state index in [0.29, 0.717) is 32.2 Å². The molecule has 3 rings (SSSR count). The predicted octanol–water partition coefficient (Wildman–Crippen LogP) is 1.19. The number of alkyl carbamates (subject to hydrolysis) is 1. The van der Waals surface area contributed by atoms with Gasteiger partial charge in [-0.1, -0.05) is 25.0 Å². The topological polar surface area (TPSA) is 154 Å². The van der Waals surface area contributed by atoms with Crippen LogP contribution in [0.4, 0.5) is 4.79 Å². The Morgan fingerprint density at radius 3 is 2.50 bits per heavy atom. The molecule has 0 aromatic heterocycles. The fourth-order valence-electron chi connectivity index (χ4n) is 4.84. The van der Waals surface area contributed by atoms with Crippen molar-refractivity contribution in [1.29, 1.82) is 0 Å². The normalized spacial score (nSPS) is 28.9. The van der Waals surface area contributed by atoms with Crippen molar-refractivity contribution in [2.45, 2.75) is 95.4 Å². The summed E-state index contributed by atoms with van der Waals surface area (Å²) in [5.74, 6) is -2.06. The van der Waals surface area contributed by atoms with E-state index in [-0.39, 0.29) is 18.2 Å². The van der Waals surface area contributed by atoms with E-state index < -0.39 is 51.3 Å². The van der Waals surface area contributed by atoms with Crippen molar-refractivity contribution in [2.75, 3.05) is 20.6 Å². The molecule has 0 bridgehead atoms. The number of fused-ring (bicyclic) bond motifs is 2. The Morgan fingerprint density at radius 1 is 1.13 bits per heavy atom. The number of allylic oxidation sites excluding steroid dienone is 1. The summed E-state index contributed by atoms with van der Waals surface area (Å²) in [5, 5.41) is 5.48. The van der Waals surface area contributed by atoms with Gasteiger partial charge in [-0.15, -0.1) is 0 Å². The smallest absolute Gasteiger partial charge is 0.408 e. The number of ether oxygens (including phenoxy) is 1. The van der Waals surface area contributed by atoms with Crippen LogP contribution in [-0.2, 0) is 29.3 Å². The Morgan fingerprint density at radius 2 is 1.84 bits per heavy atom. The molecule has 2 heterocycles. The zero-order valence-electron chi connectivity index (χ0n) is 22.9. The molecule has 2 aliphatic heterocycles. The van der Waals surface area contributed by atoms with Crippen molar-refractivity contribution in [1.82, 2.24) is 24.6 Å². The van der Waals surface area contributed by atoms with Crippen LogP contribution < -0.4 is 15.4 Å². The van der Waals surface area contributed by atoms with Crippen molar-refractivity contribution in [3.05, 3.63) is 12.2 Å². The molecule has 12 nitrogen and oxygen atoms in total. The second kappa shape index (κ2) is 11.6. The molecule has 0 radical (unpaired) electrons. The highest BCUT2D eigenvalue weighted by Gasteiger charge is 2.61. The van der Waals surface area contributed by atoms with Crippen LogP contribution in [0.25, 0.3) is 0 Å². The van der Waals surface area contributed by atoms with E-state index >= 15 is 0 Å². The van der Waals surface area contributed by atoms with Gasteiger partial charge in [0, 0.05) is 26.6 Å². The first kappa shape index (κ1) is 29.9. The lowest BCUT2D eigenvalue weighted by Gasteiger charge is -2.30. The molecule has 0 unspecified atom stereocenters. The van der Waals surface area contributed by atoms with Gasteiger partial charge in [0.1, 0.15) is 23.2 Å². The van der Waals surface area contributed by atoms with E-state index in [1.54, 1.807) is 20.8 Å². The standard InChI is InChI=1S/C25H41N5O7S/c1-24(2,3)37-23(34)26-18-13-10-8-6-7-9-12-17-16-25(17,22(33)28-38(35,36)29(4)5)27-20(31)19-14-11-15-30(19)21(18)32/h9,12,17-19H,6-8,10-11,13-16H2,1-5H3,(H,26,34)(H,27,31)(H,28,33)/t17-,18+,19+,25-/m1/s1. The van der Waals surface area contributed by atoms with Crippen molar-refractivity contribution in [3.63, 3.8) is 0 Å². The van der Waals surface area contributed by atoms with Crippen LogP contribution in [0.3, 0.4) is 0 Å². The van der Waals surface area contributed by atoms with Gasteiger partial charge in [0.15, 0.2) is 0 Å². The van der Waals surface area contributed by atoms with Crippen LogP contribution in [0.2, 0.25) is 0 Å². The zero-order valence-corrected chi connectivity index (χ0v) is 23.7. The number of hydrogen-bond acceptors (Lipinski definition) is 7. The Balaban J connectivity index is 1.84. The Hall–Kier alpha value is -2.67. The maximum atomic E-state index is 13.6. The molecule has 0 aromatic rings. The first-order chi connectivity index (χ1) is 17.7. The van der Waals surface area contributed by atoms with Gasteiger partial charge in [-0.3, -0.25) is 14.4 Å². The van der Waals surface area contributed by atoms with E-state index in [9.17, 15) is 27.6 Å². The second-order valence-electron chi connectivity index (χ2n) is 11.4. The summed E-state index contributed by atoms with van der Waals surface area (Å²) < 4.78 is 33.0. The average molecular weight is 556 g/mol. The third-order valence-electron chi connectivity index (χ3n) is 7.03. The van der Waals surface area contributed by atoms with Crippen LogP contribution in [0.1, 0.15) is 72.1 Å². The van der Waals surface area contributed by atoms with Crippen LogP contribution in [0.15, 0.2) is 12.2 Å². The summed E-state index contributed by atoms with van der Waals surface area (Å²) in [4.78, 5) is 54.1. The molecule has 1 saturated heterocycles. The van der Waals surface area contributed by atoms with Gasteiger partial charge in [-0.05, 0) is 59.3 Å². The first-order valence-corrected chi connectivity index (χ1v) is 14.6. The molecular formula is C25H41N5O7S. The summed E-state index contributed by atoms with van der Waals surface area (Å²) >= 11 is 0. The van der Waals surface area contributed by atoms with Gasteiger partial charge in [0.05, 0.1) is 0 Å². The summed E-state index contributed by atoms with van der Waals surface area (Å²) in [6, 6.07) is -1.69. The second-order valence-corrected chi connectivity index (χ2v) is 13.3. The lowest BCUT2D eigenvalue weighted by Crippen LogP contribution is -2.58. The third kappa shape index (κ3) is 7.25. The Labute approximate surface area is 225 Å². The van der Waals surface area contributed by atoms with Gasteiger partial charge in [-0.25, -0.2) is 9.52 Å². The molecule has 0 aromatic carbocycles. The first-order valence-electron chi connectivity index (χ1n) is 13.2. The van der Waals surface area contributed by atoms with Crippen LogP contribution >= 0.6 is 0 Å². The quantitative estimate of drug-likeness (QED) is 0.440. The van der Waals surface area contributed by atoms with Gasteiger partial charge >= 0.3 is 16.3 Å². The van der Waals surface area contributed by atoms with Gasteiger partial charge in [-0.2, -0.15) is 12.7 Å². The third-order valence-corrected chi connectivity index (χ3v) is 8.43. The zero-order chi connectivity index (χ0) is 28.3. The Kier molecular flexibility index (Phi) is 9.12. The number of hydrogen-bond donors (Lipinski definition) is 3. The summed E-state index contributed by atoms with van der Waals surface area (Å²) in [7, 11) is -1.45. The van der Waals surface area contributed by atoms with Crippen molar-refractivity contribution >= 4 is 34.0 Å². The average Bonchev–Trinajstić information content (AvgIpc) is 3.26. The van der Waals surface area contributed by atoms with Crippen molar-refractivity contribution in [2.24, 2.45) is 5.92 Å². The number of rotatable bonds is 4. The maximum absolute atomic E-state index is 13.6. The highest BCUT2D eigenvalue weighted by Crippen LogP contribution is 2.45. The van der Waals surface area contributed by atoms with E-state index in [2.05, 4.69) is 15.4 Å². The molecule has 3 N–H and O–H groups in total. The molecule has 4 atom stereocenters. The summed E-state index contributed by atoms with van der Waals surface area (Å²) in [6.45, 7) is 5.54. The van der Waals surface area contributed by atoms with Gasteiger partial charge < -0.3 is 20.3 Å². The molecule has 4 amide bonds. The van der Waals surface area contributed by atoms with E-state index in [1.165, 1.54) is 19.0 Å². The molecule has 38 heavy (non-hydrogen) atoms. The lowest BCUT2D eigenvalue weighted by molar-refractivity contribution is -0.141. The fourth-order valence-corrected chi connectivity index (χ4v) is 5.44. The number of amides is 4. The minimum Gasteiger partial charge on any atom is -0.444 e. The van der Waals surface area contributed by atoms with E-state index in [0.717, 1.165) is 23.6 Å². The minimum atomic E-state index is -4.06. The van der Waals surface area contributed by atoms with E-state index in [1.807, 2.05) is 12.2 Å². The fraction of sp³-hybridized carbons (Fsp3) is 0.760. The molecule has 2 fully saturated rings. The van der Waals surface area contributed by atoms with Gasteiger partial charge in [0.2, 0.25) is 11.8 Å². The number of nitrogens with one attached hydrogen (secondary N) is 3. The maximum Gasteiger partial charge on any atom is 0.408 e. The van der Waals surface area contributed by atoms with Crippen molar-refractivity contribution < 1.29 is 32.3 Å². The molecule has 1 saturated carbocycles. The van der Waals surface area contributed by atoms with E-state index in [4.69, 9.17) is 4.74 Å². The molecule has 3 aliphatic rings. The Bertz CT molecular complexity index is 1070. The molecular weight excluding hydrogens is 514 g/mol. The molecule has 13 heteroatoms.